The summed E-state index contributed by atoms with van der Waals surface area (Å²) in [5.41, 5.74) is 5.09. The van der Waals surface area contributed by atoms with Crippen LogP contribution in [0.25, 0.3) is 5.57 Å². The van der Waals surface area contributed by atoms with E-state index in [-0.39, 0.29) is 11.7 Å². The molecule has 0 aliphatic heterocycles. The Labute approximate surface area is 150 Å². The number of hydrogen-bond acceptors (Lipinski definition) is 1. The summed E-state index contributed by atoms with van der Waals surface area (Å²) < 4.78 is 0. The van der Waals surface area contributed by atoms with Crippen molar-refractivity contribution in [2.45, 2.75) is 12.3 Å². The van der Waals surface area contributed by atoms with Gasteiger partial charge in [0.25, 0.3) is 0 Å². The second-order valence-corrected chi connectivity index (χ2v) is 6.32. The molecule has 2 heteroatoms. The lowest BCUT2D eigenvalue weighted by atomic mass is 9.81. The van der Waals surface area contributed by atoms with Crippen LogP contribution in [-0.4, -0.2) is 13.6 Å². The fraction of sp³-hybridized carbons (Fsp3) is 0.0870. The van der Waals surface area contributed by atoms with E-state index in [2.05, 4.69) is 26.6 Å². The lowest BCUT2D eigenvalue weighted by molar-refractivity contribution is 0.0961. The van der Waals surface area contributed by atoms with Crippen LogP contribution in [0.4, 0.5) is 0 Å². The van der Waals surface area contributed by atoms with Crippen molar-refractivity contribution in [3.63, 3.8) is 0 Å². The smallest absolute Gasteiger partial charge is 0.170 e. The molecule has 3 aromatic carbocycles. The third-order valence-electron chi connectivity index (χ3n) is 4.55. The lowest BCUT2D eigenvalue weighted by Crippen LogP contribution is -2.16. The van der Waals surface area contributed by atoms with E-state index in [1.165, 1.54) is 5.46 Å². The molecule has 0 heterocycles. The number of rotatable bonds is 6. The molecule has 3 rings (SSSR count). The number of benzene rings is 3. The number of ketones is 1. The van der Waals surface area contributed by atoms with Gasteiger partial charge in [-0.3, -0.25) is 4.79 Å². The number of allylic oxidation sites excluding steroid dienone is 1. The van der Waals surface area contributed by atoms with Gasteiger partial charge in [0.2, 0.25) is 0 Å². The first-order chi connectivity index (χ1) is 12.2. The van der Waals surface area contributed by atoms with Crippen LogP contribution in [0.5, 0.6) is 0 Å². The summed E-state index contributed by atoms with van der Waals surface area (Å²) in [5, 5.41) is 0. The SMILES string of the molecule is Bc1ccccc1C(=C)CC(C(=O)c1ccccc1)c1ccccc1. The Morgan fingerprint density at radius 1 is 0.840 bits per heavy atom. The molecule has 0 aliphatic carbocycles. The monoisotopic (exact) mass is 324 g/mol. The molecular weight excluding hydrogens is 303 g/mol. The van der Waals surface area contributed by atoms with E-state index in [0.29, 0.717) is 6.42 Å². The summed E-state index contributed by atoms with van der Waals surface area (Å²) in [6.07, 6.45) is 0.614. The van der Waals surface area contributed by atoms with E-state index in [0.717, 1.165) is 22.3 Å². The van der Waals surface area contributed by atoms with E-state index < -0.39 is 0 Å². The Balaban J connectivity index is 1.94. The summed E-state index contributed by atoms with van der Waals surface area (Å²) in [6.45, 7) is 4.27. The average Bonchev–Trinajstić information content (AvgIpc) is 2.67. The van der Waals surface area contributed by atoms with Crippen LogP contribution < -0.4 is 5.46 Å². The van der Waals surface area contributed by atoms with Gasteiger partial charge in [-0.25, -0.2) is 0 Å². The molecule has 0 radical (unpaired) electrons. The van der Waals surface area contributed by atoms with Crippen molar-refractivity contribution in [3.05, 3.63) is 108 Å². The lowest BCUT2D eigenvalue weighted by Gasteiger charge is -2.19. The Hall–Kier alpha value is -2.87. The predicted molar refractivity (Wildman–Crippen MR) is 108 cm³/mol. The molecule has 0 aliphatic rings. The summed E-state index contributed by atoms with van der Waals surface area (Å²) in [6, 6.07) is 27.7. The van der Waals surface area contributed by atoms with Crippen LogP contribution in [-0.2, 0) is 0 Å². The van der Waals surface area contributed by atoms with Crippen LogP contribution in [0.1, 0.15) is 33.8 Å². The van der Waals surface area contributed by atoms with E-state index in [4.69, 9.17) is 0 Å². The van der Waals surface area contributed by atoms with Gasteiger partial charge in [0, 0.05) is 5.56 Å². The van der Waals surface area contributed by atoms with Crippen LogP contribution in [0, 0.1) is 0 Å². The molecule has 1 atom stereocenters. The van der Waals surface area contributed by atoms with Crippen molar-refractivity contribution in [3.8, 4) is 0 Å². The first-order valence-electron chi connectivity index (χ1n) is 8.55. The van der Waals surface area contributed by atoms with Crippen molar-refractivity contribution in [1.29, 1.82) is 0 Å². The zero-order valence-corrected chi connectivity index (χ0v) is 14.5. The minimum absolute atomic E-state index is 0.140. The van der Waals surface area contributed by atoms with Gasteiger partial charge < -0.3 is 0 Å². The van der Waals surface area contributed by atoms with E-state index in [9.17, 15) is 4.79 Å². The first-order valence-corrected chi connectivity index (χ1v) is 8.55. The van der Waals surface area contributed by atoms with Crippen molar-refractivity contribution in [2.24, 2.45) is 0 Å². The van der Waals surface area contributed by atoms with Crippen molar-refractivity contribution in [2.75, 3.05) is 0 Å². The zero-order chi connectivity index (χ0) is 17.6. The highest BCUT2D eigenvalue weighted by Crippen LogP contribution is 2.30. The molecule has 25 heavy (non-hydrogen) atoms. The molecule has 0 saturated carbocycles. The predicted octanol–water partition coefficient (Wildman–Crippen LogP) is 4.02. The van der Waals surface area contributed by atoms with Crippen LogP contribution >= 0.6 is 0 Å². The Bertz CT molecular complexity index is 869. The van der Waals surface area contributed by atoms with Crippen molar-refractivity contribution < 1.29 is 4.79 Å². The van der Waals surface area contributed by atoms with Crippen molar-refractivity contribution >= 4 is 24.7 Å². The second kappa shape index (κ2) is 7.80. The standard InChI is InChI=1S/C23H21BO/c1-17(20-14-8-9-15-22(20)24)16-21(18-10-4-2-5-11-18)23(25)19-12-6-3-7-13-19/h2-15,21H,1,16,24H2. The molecule has 0 amide bonds. The molecule has 0 saturated heterocycles. The van der Waals surface area contributed by atoms with Gasteiger partial charge in [-0.15, -0.1) is 0 Å². The maximum Gasteiger partial charge on any atom is 0.170 e. The van der Waals surface area contributed by atoms with Gasteiger partial charge in [-0.2, -0.15) is 0 Å². The maximum absolute atomic E-state index is 13.2. The molecule has 1 unspecified atom stereocenters. The first kappa shape index (κ1) is 17.0. The molecule has 3 aromatic rings. The third kappa shape index (κ3) is 3.97. The summed E-state index contributed by atoms with van der Waals surface area (Å²) >= 11 is 0. The number of carbonyl (C=O) groups is 1. The minimum atomic E-state index is -0.226. The molecule has 0 spiro atoms. The summed E-state index contributed by atoms with van der Waals surface area (Å²) in [5.74, 6) is -0.0859. The topological polar surface area (TPSA) is 17.1 Å². The molecule has 0 aromatic heterocycles. The van der Waals surface area contributed by atoms with Gasteiger partial charge in [0.15, 0.2) is 5.78 Å². The van der Waals surface area contributed by atoms with Gasteiger partial charge in [0.1, 0.15) is 7.85 Å². The Morgan fingerprint density at radius 3 is 2.04 bits per heavy atom. The molecule has 0 bridgehead atoms. The fourth-order valence-electron chi connectivity index (χ4n) is 3.18. The van der Waals surface area contributed by atoms with Crippen LogP contribution in [0.15, 0.2) is 91.5 Å². The van der Waals surface area contributed by atoms with E-state index in [1.54, 1.807) is 0 Å². The molecule has 0 N–H and O–H groups in total. The molecule has 1 nitrogen and oxygen atoms in total. The zero-order valence-electron chi connectivity index (χ0n) is 14.5. The highest BCUT2D eigenvalue weighted by Gasteiger charge is 2.23. The van der Waals surface area contributed by atoms with Crippen LogP contribution in [0.3, 0.4) is 0 Å². The van der Waals surface area contributed by atoms with E-state index in [1.807, 2.05) is 72.8 Å². The van der Waals surface area contributed by atoms with Gasteiger partial charge in [0.05, 0.1) is 5.92 Å². The van der Waals surface area contributed by atoms with Gasteiger partial charge in [-0.05, 0) is 23.1 Å². The number of hydrogen-bond donors (Lipinski definition) is 0. The Kier molecular flexibility index (Phi) is 5.30. The van der Waals surface area contributed by atoms with Gasteiger partial charge in [-0.1, -0.05) is 97.0 Å². The highest BCUT2D eigenvalue weighted by molar-refractivity contribution is 6.34. The van der Waals surface area contributed by atoms with Crippen molar-refractivity contribution in [1.82, 2.24) is 0 Å². The summed E-state index contributed by atoms with van der Waals surface area (Å²) in [4.78, 5) is 13.2. The van der Waals surface area contributed by atoms with Crippen LogP contribution in [0.2, 0.25) is 0 Å². The molecule has 122 valence electrons. The van der Waals surface area contributed by atoms with E-state index >= 15 is 0 Å². The maximum atomic E-state index is 13.2. The largest absolute Gasteiger partial charge is 0.293 e. The van der Waals surface area contributed by atoms with Gasteiger partial charge >= 0.3 is 0 Å². The second-order valence-electron chi connectivity index (χ2n) is 6.32. The third-order valence-corrected chi connectivity index (χ3v) is 4.55. The number of carbonyl (C=O) groups excluding carboxylic acids is 1. The average molecular weight is 324 g/mol. The number of Topliss-reactive ketones (excluding diaryl/α,β-unsaturated/α-hetero) is 1. The normalized spacial score (nSPS) is 11.7. The molecule has 0 fully saturated rings. The molecular formula is C23H21BO. The Morgan fingerprint density at radius 2 is 1.40 bits per heavy atom. The summed E-state index contributed by atoms with van der Waals surface area (Å²) in [7, 11) is 2.08. The fourth-order valence-corrected chi connectivity index (χ4v) is 3.18. The quantitative estimate of drug-likeness (QED) is 0.494. The highest BCUT2D eigenvalue weighted by atomic mass is 16.1. The minimum Gasteiger partial charge on any atom is -0.293 e.